The molecule has 104 valence electrons. The van der Waals surface area contributed by atoms with Gasteiger partial charge in [-0.3, -0.25) is 4.79 Å². The lowest BCUT2D eigenvalue weighted by Gasteiger charge is -2.03. The standard InChI is InChI=1S/C13H11ClN2O4/c1-2-19-13(18)11-10(7-17)12(16-15-11)20-9-5-3-4-8(14)6-9/h3-7H,2H2,1H3,(H,15,16). The fourth-order valence-electron chi connectivity index (χ4n) is 1.53. The Morgan fingerprint density at radius 2 is 2.30 bits per heavy atom. The number of aromatic amines is 1. The number of H-pyrrole nitrogens is 1. The maximum Gasteiger partial charge on any atom is 0.359 e. The van der Waals surface area contributed by atoms with Crippen molar-refractivity contribution in [2.24, 2.45) is 0 Å². The number of esters is 1. The monoisotopic (exact) mass is 294 g/mol. The zero-order chi connectivity index (χ0) is 14.5. The van der Waals surface area contributed by atoms with Crippen LogP contribution in [0.1, 0.15) is 27.8 Å². The number of carbonyl (C=O) groups is 2. The van der Waals surface area contributed by atoms with E-state index in [9.17, 15) is 9.59 Å². The lowest BCUT2D eigenvalue weighted by Crippen LogP contribution is -2.07. The number of nitrogens with zero attached hydrogens (tertiary/aromatic N) is 1. The minimum atomic E-state index is -0.688. The van der Waals surface area contributed by atoms with Crippen molar-refractivity contribution in [2.45, 2.75) is 6.92 Å². The number of carbonyl (C=O) groups excluding carboxylic acids is 2. The average molecular weight is 295 g/mol. The van der Waals surface area contributed by atoms with E-state index in [-0.39, 0.29) is 23.7 Å². The number of ether oxygens (including phenoxy) is 2. The Morgan fingerprint density at radius 3 is 2.95 bits per heavy atom. The minimum absolute atomic E-state index is 0.00317. The predicted molar refractivity (Wildman–Crippen MR) is 71.5 cm³/mol. The fraction of sp³-hybridized carbons (Fsp3) is 0.154. The third-order valence-corrected chi connectivity index (χ3v) is 2.61. The molecule has 0 aliphatic heterocycles. The zero-order valence-electron chi connectivity index (χ0n) is 10.6. The summed E-state index contributed by atoms with van der Waals surface area (Å²) < 4.78 is 10.2. The van der Waals surface area contributed by atoms with Crippen molar-refractivity contribution in [1.29, 1.82) is 0 Å². The highest BCUT2D eigenvalue weighted by atomic mass is 35.5. The Morgan fingerprint density at radius 1 is 1.50 bits per heavy atom. The summed E-state index contributed by atoms with van der Waals surface area (Å²) in [7, 11) is 0. The van der Waals surface area contributed by atoms with Crippen LogP contribution in [-0.2, 0) is 4.74 Å². The molecule has 0 aliphatic carbocycles. The Hall–Kier alpha value is -2.34. The molecule has 2 aromatic rings. The molecular weight excluding hydrogens is 284 g/mol. The fourth-order valence-corrected chi connectivity index (χ4v) is 1.71. The molecule has 1 aromatic heterocycles. The van der Waals surface area contributed by atoms with Crippen molar-refractivity contribution in [3.63, 3.8) is 0 Å². The van der Waals surface area contributed by atoms with Gasteiger partial charge in [-0.1, -0.05) is 17.7 Å². The van der Waals surface area contributed by atoms with Crippen molar-refractivity contribution in [3.8, 4) is 11.6 Å². The highest BCUT2D eigenvalue weighted by molar-refractivity contribution is 6.30. The SMILES string of the molecule is CCOC(=O)c1n[nH]c(Oc2cccc(Cl)c2)c1C=O. The molecule has 0 unspecified atom stereocenters. The van der Waals surface area contributed by atoms with Gasteiger partial charge in [-0.05, 0) is 25.1 Å². The van der Waals surface area contributed by atoms with E-state index < -0.39 is 5.97 Å². The van der Waals surface area contributed by atoms with Crippen LogP contribution >= 0.6 is 11.6 Å². The maximum absolute atomic E-state index is 11.6. The minimum Gasteiger partial charge on any atom is -0.461 e. The molecule has 6 nitrogen and oxygen atoms in total. The van der Waals surface area contributed by atoms with Crippen LogP contribution in [0.5, 0.6) is 11.6 Å². The van der Waals surface area contributed by atoms with Gasteiger partial charge in [0.1, 0.15) is 11.3 Å². The molecule has 2 rings (SSSR count). The van der Waals surface area contributed by atoms with E-state index in [4.69, 9.17) is 21.1 Å². The topological polar surface area (TPSA) is 81.3 Å². The van der Waals surface area contributed by atoms with Crippen LogP contribution in [-0.4, -0.2) is 29.1 Å². The first-order valence-electron chi connectivity index (χ1n) is 5.79. The van der Waals surface area contributed by atoms with Gasteiger partial charge in [0.15, 0.2) is 12.0 Å². The van der Waals surface area contributed by atoms with E-state index in [2.05, 4.69) is 10.2 Å². The molecule has 0 radical (unpaired) electrons. The lowest BCUT2D eigenvalue weighted by atomic mass is 10.2. The molecule has 20 heavy (non-hydrogen) atoms. The number of aldehydes is 1. The molecule has 0 saturated carbocycles. The van der Waals surface area contributed by atoms with Gasteiger partial charge in [0.2, 0.25) is 5.88 Å². The largest absolute Gasteiger partial charge is 0.461 e. The molecule has 0 spiro atoms. The van der Waals surface area contributed by atoms with Crippen LogP contribution in [0.25, 0.3) is 0 Å². The quantitative estimate of drug-likeness (QED) is 0.677. The van der Waals surface area contributed by atoms with E-state index in [1.54, 1.807) is 31.2 Å². The van der Waals surface area contributed by atoms with Crippen molar-refractivity contribution in [2.75, 3.05) is 6.61 Å². The van der Waals surface area contributed by atoms with Gasteiger partial charge in [-0.15, -0.1) is 0 Å². The van der Waals surface area contributed by atoms with Gasteiger partial charge in [0, 0.05) is 5.02 Å². The van der Waals surface area contributed by atoms with Crippen molar-refractivity contribution >= 4 is 23.9 Å². The van der Waals surface area contributed by atoms with E-state index in [0.29, 0.717) is 17.1 Å². The normalized spacial score (nSPS) is 10.1. The van der Waals surface area contributed by atoms with Crippen molar-refractivity contribution in [3.05, 3.63) is 40.5 Å². The van der Waals surface area contributed by atoms with Crippen molar-refractivity contribution < 1.29 is 19.1 Å². The molecule has 7 heteroatoms. The molecule has 1 aromatic carbocycles. The first kappa shape index (κ1) is 14.1. The average Bonchev–Trinajstić information content (AvgIpc) is 2.82. The second-order valence-electron chi connectivity index (χ2n) is 3.71. The number of halogens is 1. The number of aromatic nitrogens is 2. The highest BCUT2D eigenvalue weighted by Crippen LogP contribution is 2.26. The van der Waals surface area contributed by atoms with E-state index >= 15 is 0 Å². The maximum atomic E-state index is 11.6. The third-order valence-electron chi connectivity index (χ3n) is 2.37. The summed E-state index contributed by atoms with van der Waals surface area (Å²) in [4.78, 5) is 22.7. The summed E-state index contributed by atoms with van der Waals surface area (Å²) >= 11 is 5.83. The second kappa shape index (κ2) is 6.21. The molecule has 1 heterocycles. The van der Waals surface area contributed by atoms with E-state index in [1.807, 2.05) is 0 Å². The molecule has 0 aliphatic rings. The smallest absolute Gasteiger partial charge is 0.359 e. The summed E-state index contributed by atoms with van der Waals surface area (Å²) in [6.07, 6.45) is 0.482. The summed E-state index contributed by atoms with van der Waals surface area (Å²) in [5, 5.41) is 6.71. The molecular formula is C13H11ClN2O4. The third kappa shape index (κ3) is 2.97. The summed E-state index contributed by atoms with van der Waals surface area (Å²) in [5.41, 5.74) is -0.109. The number of benzene rings is 1. The van der Waals surface area contributed by atoms with Crippen LogP contribution in [0, 0.1) is 0 Å². The number of hydrogen-bond donors (Lipinski definition) is 1. The van der Waals surface area contributed by atoms with E-state index in [1.165, 1.54) is 0 Å². The summed E-state index contributed by atoms with van der Waals surface area (Å²) in [5.74, 6) is -0.211. The Labute approximate surface area is 119 Å². The van der Waals surface area contributed by atoms with Crippen molar-refractivity contribution in [1.82, 2.24) is 10.2 Å². The lowest BCUT2D eigenvalue weighted by molar-refractivity contribution is 0.0517. The van der Waals surface area contributed by atoms with Gasteiger partial charge < -0.3 is 9.47 Å². The molecule has 0 saturated heterocycles. The molecule has 1 N–H and O–H groups in total. The number of hydrogen-bond acceptors (Lipinski definition) is 5. The first-order valence-corrected chi connectivity index (χ1v) is 6.17. The van der Waals surface area contributed by atoms with Crippen LogP contribution in [0.4, 0.5) is 0 Å². The second-order valence-corrected chi connectivity index (χ2v) is 4.15. The highest BCUT2D eigenvalue weighted by Gasteiger charge is 2.21. The van der Waals surface area contributed by atoms with Gasteiger partial charge in [-0.2, -0.15) is 5.10 Å². The van der Waals surface area contributed by atoms with Crippen LogP contribution < -0.4 is 4.74 Å². The number of rotatable bonds is 5. The molecule has 0 amide bonds. The Balaban J connectivity index is 2.29. The van der Waals surface area contributed by atoms with Gasteiger partial charge in [-0.25, -0.2) is 9.89 Å². The van der Waals surface area contributed by atoms with Gasteiger partial charge in [0.25, 0.3) is 0 Å². The Kier molecular flexibility index (Phi) is 4.37. The first-order chi connectivity index (χ1) is 9.65. The summed E-state index contributed by atoms with van der Waals surface area (Å²) in [6.45, 7) is 1.85. The van der Waals surface area contributed by atoms with Crippen LogP contribution in [0.3, 0.4) is 0 Å². The molecule has 0 bridgehead atoms. The molecule has 0 atom stereocenters. The zero-order valence-corrected chi connectivity index (χ0v) is 11.3. The van der Waals surface area contributed by atoms with E-state index in [0.717, 1.165) is 0 Å². The predicted octanol–water partition coefficient (Wildman–Crippen LogP) is 2.84. The number of nitrogens with one attached hydrogen (secondary N) is 1. The summed E-state index contributed by atoms with van der Waals surface area (Å²) in [6, 6.07) is 6.61. The molecule has 0 fully saturated rings. The Bertz CT molecular complexity index is 639. The van der Waals surface area contributed by atoms with Crippen LogP contribution in [0.15, 0.2) is 24.3 Å². The van der Waals surface area contributed by atoms with Gasteiger partial charge >= 0.3 is 5.97 Å². The van der Waals surface area contributed by atoms with Gasteiger partial charge in [0.05, 0.1) is 6.61 Å². The van der Waals surface area contributed by atoms with Crippen LogP contribution in [0.2, 0.25) is 5.02 Å².